The number of nitrogens with zero attached hydrogens (tertiary/aromatic N) is 1. The molecular formula is C14H21ClFN3O. The summed E-state index contributed by atoms with van der Waals surface area (Å²) in [7, 11) is 1.99. The van der Waals surface area contributed by atoms with Crippen LogP contribution in [0.1, 0.15) is 5.56 Å². The Bertz CT molecular complexity index is 423. The molecule has 0 radical (unpaired) electrons. The van der Waals surface area contributed by atoms with E-state index in [0.29, 0.717) is 6.54 Å². The van der Waals surface area contributed by atoms with Crippen LogP contribution < -0.4 is 10.6 Å². The Kier molecular flexibility index (Phi) is 6.91. The molecule has 6 heteroatoms. The van der Waals surface area contributed by atoms with Crippen LogP contribution in [0.15, 0.2) is 24.3 Å². The first-order valence-corrected chi connectivity index (χ1v) is 6.56. The molecule has 0 unspecified atom stereocenters. The topological polar surface area (TPSA) is 44.4 Å². The molecule has 0 aliphatic carbocycles. The van der Waals surface area contributed by atoms with Crippen LogP contribution in [0.4, 0.5) is 4.39 Å². The summed E-state index contributed by atoms with van der Waals surface area (Å²) < 4.78 is 12.8. The van der Waals surface area contributed by atoms with Gasteiger partial charge in [0.25, 0.3) is 0 Å². The lowest BCUT2D eigenvalue weighted by molar-refractivity contribution is -0.126. The lowest BCUT2D eigenvalue weighted by Gasteiger charge is -2.26. The van der Waals surface area contributed by atoms with E-state index in [9.17, 15) is 9.18 Å². The molecule has 2 N–H and O–H groups in total. The van der Waals surface area contributed by atoms with Crippen molar-refractivity contribution in [2.24, 2.45) is 5.92 Å². The average Bonchev–Trinajstić information content (AvgIpc) is 2.30. The van der Waals surface area contributed by atoms with Gasteiger partial charge in [-0.2, -0.15) is 0 Å². The van der Waals surface area contributed by atoms with Crippen LogP contribution >= 0.6 is 12.4 Å². The van der Waals surface area contributed by atoms with Crippen LogP contribution in [0.3, 0.4) is 0 Å². The second-order valence-corrected chi connectivity index (χ2v) is 5.01. The van der Waals surface area contributed by atoms with E-state index in [2.05, 4.69) is 15.5 Å². The SMILES string of the molecule is CN(CCNC(=O)C1CNC1)Cc1ccc(F)cc1.Cl. The van der Waals surface area contributed by atoms with Crippen molar-refractivity contribution in [2.45, 2.75) is 6.54 Å². The molecule has 1 heterocycles. The molecule has 0 atom stereocenters. The van der Waals surface area contributed by atoms with Gasteiger partial charge in [0.2, 0.25) is 5.91 Å². The highest BCUT2D eigenvalue weighted by Gasteiger charge is 2.24. The van der Waals surface area contributed by atoms with Gasteiger partial charge in [-0.1, -0.05) is 12.1 Å². The molecule has 0 saturated carbocycles. The third kappa shape index (κ3) is 5.07. The summed E-state index contributed by atoms with van der Waals surface area (Å²) in [6.45, 7) is 3.76. The molecule has 1 aromatic rings. The van der Waals surface area contributed by atoms with Gasteiger partial charge < -0.3 is 15.5 Å². The molecule has 0 spiro atoms. The molecule has 2 rings (SSSR count). The average molecular weight is 302 g/mol. The minimum atomic E-state index is -0.215. The Morgan fingerprint density at radius 2 is 2.05 bits per heavy atom. The molecule has 1 amide bonds. The molecule has 0 aromatic heterocycles. The van der Waals surface area contributed by atoms with Gasteiger partial charge >= 0.3 is 0 Å². The van der Waals surface area contributed by atoms with Crippen molar-refractivity contribution in [3.63, 3.8) is 0 Å². The summed E-state index contributed by atoms with van der Waals surface area (Å²) in [6.07, 6.45) is 0. The molecule has 1 aliphatic heterocycles. The molecule has 1 saturated heterocycles. The Hall–Kier alpha value is -1.17. The summed E-state index contributed by atoms with van der Waals surface area (Å²) in [6, 6.07) is 6.50. The van der Waals surface area contributed by atoms with Crippen LogP contribution in [-0.2, 0) is 11.3 Å². The van der Waals surface area contributed by atoms with E-state index in [-0.39, 0.29) is 30.0 Å². The van der Waals surface area contributed by atoms with Crippen LogP contribution in [0.2, 0.25) is 0 Å². The van der Waals surface area contributed by atoms with Crippen molar-refractivity contribution in [1.29, 1.82) is 0 Å². The predicted octanol–water partition coefficient (Wildman–Crippen LogP) is 1.01. The fourth-order valence-electron chi connectivity index (χ4n) is 1.97. The van der Waals surface area contributed by atoms with Crippen molar-refractivity contribution < 1.29 is 9.18 Å². The third-order valence-electron chi connectivity index (χ3n) is 3.31. The molecule has 1 aromatic carbocycles. The van der Waals surface area contributed by atoms with Gasteiger partial charge in [-0.05, 0) is 24.7 Å². The zero-order valence-corrected chi connectivity index (χ0v) is 12.4. The molecule has 1 aliphatic rings. The normalized spacial score (nSPS) is 14.6. The van der Waals surface area contributed by atoms with Crippen molar-refractivity contribution in [2.75, 3.05) is 33.2 Å². The van der Waals surface area contributed by atoms with Gasteiger partial charge in [-0.25, -0.2) is 4.39 Å². The Balaban J connectivity index is 0.00000200. The highest BCUT2D eigenvalue weighted by Crippen LogP contribution is 2.05. The Morgan fingerprint density at radius 1 is 1.40 bits per heavy atom. The van der Waals surface area contributed by atoms with Crippen molar-refractivity contribution in [3.8, 4) is 0 Å². The predicted molar refractivity (Wildman–Crippen MR) is 79.4 cm³/mol. The summed E-state index contributed by atoms with van der Waals surface area (Å²) in [5.41, 5.74) is 1.07. The fraction of sp³-hybridized carbons (Fsp3) is 0.500. The quantitative estimate of drug-likeness (QED) is 0.824. The first kappa shape index (κ1) is 16.9. The smallest absolute Gasteiger partial charge is 0.225 e. The first-order valence-electron chi connectivity index (χ1n) is 6.56. The number of nitrogens with one attached hydrogen (secondary N) is 2. The molecule has 112 valence electrons. The Labute approximate surface area is 125 Å². The number of rotatable bonds is 6. The third-order valence-corrected chi connectivity index (χ3v) is 3.31. The lowest BCUT2D eigenvalue weighted by atomic mass is 10.0. The summed E-state index contributed by atoms with van der Waals surface area (Å²) >= 11 is 0. The van der Waals surface area contributed by atoms with Gasteiger partial charge in [0.15, 0.2) is 0 Å². The second-order valence-electron chi connectivity index (χ2n) is 5.01. The number of amides is 1. The highest BCUT2D eigenvalue weighted by atomic mass is 35.5. The largest absolute Gasteiger partial charge is 0.354 e. The number of hydrogen-bond donors (Lipinski definition) is 2. The Morgan fingerprint density at radius 3 is 2.60 bits per heavy atom. The van der Waals surface area contributed by atoms with E-state index in [1.54, 1.807) is 12.1 Å². The maximum Gasteiger partial charge on any atom is 0.225 e. The minimum Gasteiger partial charge on any atom is -0.354 e. The summed E-state index contributed by atoms with van der Waals surface area (Å²) in [4.78, 5) is 13.7. The fourth-order valence-corrected chi connectivity index (χ4v) is 1.97. The number of benzene rings is 1. The second kappa shape index (κ2) is 8.19. The zero-order chi connectivity index (χ0) is 13.7. The van der Waals surface area contributed by atoms with Crippen molar-refractivity contribution in [1.82, 2.24) is 15.5 Å². The summed E-state index contributed by atoms with van der Waals surface area (Å²) in [5, 5.41) is 6.01. The number of likely N-dealkylation sites (N-methyl/N-ethyl adjacent to an activating group) is 1. The number of carbonyl (C=O) groups is 1. The first-order chi connectivity index (χ1) is 9.15. The van der Waals surface area contributed by atoms with Crippen LogP contribution in [0, 0.1) is 11.7 Å². The number of halogens is 2. The molecule has 1 fully saturated rings. The van der Waals surface area contributed by atoms with Crippen LogP contribution in [0.5, 0.6) is 0 Å². The van der Waals surface area contributed by atoms with Gasteiger partial charge in [0, 0.05) is 32.7 Å². The van der Waals surface area contributed by atoms with Gasteiger partial charge in [-0.3, -0.25) is 4.79 Å². The molecule has 20 heavy (non-hydrogen) atoms. The maximum absolute atomic E-state index is 12.8. The maximum atomic E-state index is 12.8. The standard InChI is InChI=1S/C14H20FN3O.ClH/c1-18(10-11-2-4-13(15)5-3-11)7-6-17-14(19)12-8-16-9-12;/h2-5,12,16H,6-10H2,1H3,(H,17,19);1H. The van der Waals surface area contributed by atoms with E-state index < -0.39 is 0 Å². The van der Waals surface area contributed by atoms with Gasteiger partial charge in [-0.15, -0.1) is 12.4 Å². The van der Waals surface area contributed by atoms with Crippen molar-refractivity contribution >= 4 is 18.3 Å². The van der Waals surface area contributed by atoms with E-state index in [0.717, 1.165) is 31.7 Å². The monoisotopic (exact) mass is 301 g/mol. The zero-order valence-electron chi connectivity index (χ0n) is 11.6. The van der Waals surface area contributed by atoms with Crippen LogP contribution in [0.25, 0.3) is 0 Å². The van der Waals surface area contributed by atoms with Gasteiger partial charge in [0.05, 0.1) is 5.92 Å². The van der Waals surface area contributed by atoms with E-state index in [4.69, 9.17) is 0 Å². The molecular weight excluding hydrogens is 281 g/mol. The van der Waals surface area contributed by atoms with E-state index in [1.165, 1.54) is 12.1 Å². The van der Waals surface area contributed by atoms with E-state index >= 15 is 0 Å². The minimum absolute atomic E-state index is 0. The summed E-state index contributed by atoms with van der Waals surface area (Å²) in [5.74, 6) is 0.0594. The van der Waals surface area contributed by atoms with Gasteiger partial charge in [0.1, 0.15) is 5.82 Å². The number of hydrogen-bond acceptors (Lipinski definition) is 3. The van der Waals surface area contributed by atoms with E-state index in [1.807, 2.05) is 7.05 Å². The van der Waals surface area contributed by atoms with Crippen molar-refractivity contribution in [3.05, 3.63) is 35.6 Å². The molecule has 4 nitrogen and oxygen atoms in total. The van der Waals surface area contributed by atoms with Crippen LogP contribution in [-0.4, -0.2) is 44.0 Å². The lowest BCUT2D eigenvalue weighted by Crippen LogP contribution is -2.51. The highest BCUT2D eigenvalue weighted by molar-refractivity contribution is 5.85. The molecule has 0 bridgehead atoms. The number of carbonyl (C=O) groups excluding carboxylic acids is 1.